The maximum atomic E-state index is 12.4. The Morgan fingerprint density at radius 2 is 1.72 bits per heavy atom. The summed E-state index contributed by atoms with van der Waals surface area (Å²) in [5.41, 5.74) is 0.0716. The predicted molar refractivity (Wildman–Crippen MR) is 90.7 cm³/mol. The highest BCUT2D eigenvalue weighted by molar-refractivity contribution is 5.86. The van der Waals surface area contributed by atoms with Crippen molar-refractivity contribution in [2.24, 2.45) is 0 Å². The van der Waals surface area contributed by atoms with Gasteiger partial charge in [-0.25, -0.2) is 9.59 Å². The van der Waals surface area contributed by atoms with Gasteiger partial charge in [-0.1, -0.05) is 30.3 Å². The molecule has 1 rings (SSSR count). The van der Waals surface area contributed by atoms with Crippen molar-refractivity contribution in [3.63, 3.8) is 0 Å². The van der Waals surface area contributed by atoms with Crippen LogP contribution in [-0.4, -0.2) is 48.7 Å². The number of carbonyl (C=O) groups is 3. The molecule has 7 heteroatoms. The van der Waals surface area contributed by atoms with Crippen molar-refractivity contribution < 1.29 is 28.6 Å². The van der Waals surface area contributed by atoms with Gasteiger partial charge in [-0.05, 0) is 26.3 Å². The second-order valence-corrected chi connectivity index (χ2v) is 6.48. The lowest BCUT2D eigenvalue weighted by atomic mass is 10.2. The Kier molecular flexibility index (Phi) is 7.42. The zero-order valence-electron chi connectivity index (χ0n) is 15.3. The fourth-order valence-electron chi connectivity index (χ4n) is 1.91. The molecule has 0 aliphatic heterocycles. The monoisotopic (exact) mass is 351 g/mol. The molecule has 0 aliphatic rings. The number of rotatable bonds is 6. The Morgan fingerprint density at radius 1 is 1.12 bits per heavy atom. The third-order valence-electron chi connectivity index (χ3n) is 3.23. The highest BCUT2D eigenvalue weighted by Crippen LogP contribution is 2.14. The van der Waals surface area contributed by atoms with Gasteiger partial charge in [0, 0.05) is 7.05 Å². The van der Waals surface area contributed by atoms with Crippen molar-refractivity contribution in [3.8, 4) is 0 Å². The SMILES string of the molecule is COC(=O)C[C@@H](C(=O)OCc1ccccc1)N(C)C(=O)OC(C)(C)C. The van der Waals surface area contributed by atoms with E-state index in [0.717, 1.165) is 10.5 Å². The van der Waals surface area contributed by atoms with Gasteiger partial charge in [0.2, 0.25) is 0 Å². The van der Waals surface area contributed by atoms with Crippen molar-refractivity contribution in [3.05, 3.63) is 35.9 Å². The molecule has 0 fully saturated rings. The lowest BCUT2D eigenvalue weighted by Crippen LogP contribution is -2.46. The van der Waals surface area contributed by atoms with Gasteiger partial charge >= 0.3 is 18.0 Å². The maximum Gasteiger partial charge on any atom is 0.410 e. The molecule has 0 aliphatic carbocycles. The second kappa shape index (κ2) is 9.05. The highest BCUT2D eigenvalue weighted by atomic mass is 16.6. The molecule has 25 heavy (non-hydrogen) atoms. The summed E-state index contributed by atoms with van der Waals surface area (Å²) < 4.78 is 15.1. The van der Waals surface area contributed by atoms with E-state index in [1.165, 1.54) is 14.2 Å². The zero-order valence-corrected chi connectivity index (χ0v) is 15.3. The number of hydrogen-bond donors (Lipinski definition) is 0. The molecule has 0 saturated heterocycles. The minimum Gasteiger partial charge on any atom is -0.469 e. The average molecular weight is 351 g/mol. The Morgan fingerprint density at radius 3 is 2.24 bits per heavy atom. The second-order valence-electron chi connectivity index (χ2n) is 6.48. The van der Waals surface area contributed by atoms with Crippen LogP contribution in [0.1, 0.15) is 32.8 Å². The van der Waals surface area contributed by atoms with Gasteiger partial charge in [0.05, 0.1) is 13.5 Å². The molecule has 0 radical (unpaired) electrons. The van der Waals surface area contributed by atoms with E-state index in [-0.39, 0.29) is 13.0 Å². The number of carbonyl (C=O) groups excluding carboxylic acids is 3. The molecule has 138 valence electrons. The molecular formula is C18H25NO6. The van der Waals surface area contributed by atoms with E-state index in [1.54, 1.807) is 32.9 Å². The molecule has 0 saturated carbocycles. The van der Waals surface area contributed by atoms with Gasteiger partial charge in [-0.15, -0.1) is 0 Å². The van der Waals surface area contributed by atoms with Gasteiger partial charge < -0.3 is 14.2 Å². The molecule has 1 aromatic carbocycles. The van der Waals surface area contributed by atoms with E-state index in [1.807, 2.05) is 18.2 Å². The van der Waals surface area contributed by atoms with E-state index in [9.17, 15) is 14.4 Å². The van der Waals surface area contributed by atoms with Crippen LogP contribution >= 0.6 is 0 Å². The fourth-order valence-corrected chi connectivity index (χ4v) is 1.91. The molecule has 7 nitrogen and oxygen atoms in total. The summed E-state index contributed by atoms with van der Waals surface area (Å²) in [7, 11) is 2.59. The summed E-state index contributed by atoms with van der Waals surface area (Å²) in [6, 6.07) is 7.97. The number of ether oxygens (including phenoxy) is 3. The number of methoxy groups -OCH3 is 1. The first kappa shape index (κ1) is 20.5. The van der Waals surface area contributed by atoms with Crippen molar-refractivity contribution in [1.82, 2.24) is 4.90 Å². The average Bonchev–Trinajstić information content (AvgIpc) is 2.56. The summed E-state index contributed by atoms with van der Waals surface area (Å²) in [5, 5.41) is 0. The fraction of sp³-hybridized carbons (Fsp3) is 0.500. The summed E-state index contributed by atoms with van der Waals surface area (Å²) in [6.45, 7) is 5.17. The minimum atomic E-state index is -1.13. The van der Waals surface area contributed by atoms with Crippen LogP contribution < -0.4 is 0 Å². The molecule has 0 unspecified atom stereocenters. The summed E-state index contributed by atoms with van der Waals surface area (Å²) in [6.07, 6.45) is -1.04. The Balaban J connectivity index is 2.81. The van der Waals surface area contributed by atoms with E-state index in [2.05, 4.69) is 4.74 Å². The van der Waals surface area contributed by atoms with Crippen molar-refractivity contribution in [1.29, 1.82) is 0 Å². The molecular weight excluding hydrogens is 326 g/mol. The molecule has 0 heterocycles. The van der Waals surface area contributed by atoms with Crippen LogP contribution in [-0.2, 0) is 30.4 Å². The quantitative estimate of drug-likeness (QED) is 0.579. The number of benzene rings is 1. The largest absolute Gasteiger partial charge is 0.469 e. The third-order valence-corrected chi connectivity index (χ3v) is 3.23. The van der Waals surface area contributed by atoms with Crippen molar-refractivity contribution in [2.45, 2.75) is 45.4 Å². The summed E-state index contributed by atoms with van der Waals surface area (Å²) in [4.78, 5) is 37.2. The summed E-state index contributed by atoms with van der Waals surface area (Å²) in [5.74, 6) is -1.33. The first-order chi connectivity index (χ1) is 11.6. The number of nitrogens with zero attached hydrogens (tertiary/aromatic N) is 1. The predicted octanol–water partition coefficient (Wildman–Crippen LogP) is 2.53. The Bertz CT molecular complexity index is 593. The first-order valence-electron chi connectivity index (χ1n) is 7.87. The third kappa shape index (κ3) is 7.24. The molecule has 0 aromatic heterocycles. The van der Waals surface area contributed by atoms with Crippen LogP contribution in [0.25, 0.3) is 0 Å². The molecule has 0 bridgehead atoms. The summed E-state index contributed by atoms with van der Waals surface area (Å²) >= 11 is 0. The van der Waals surface area contributed by atoms with Gasteiger partial charge in [0.25, 0.3) is 0 Å². The van der Waals surface area contributed by atoms with Gasteiger partial charge in [0.15, 0.2) is 0 Å². The lowest BCUT2D eigenvalue weighted by molar-refractivity contribution is -0.155. The molecule has 1 aromatic rings. The van der Waals surface area contributed by atoms with Crippen LogP contribution in [0.2, 0.25) is 0 Å². The molecule has 1 amide bonds. The zero-order chi connectivity index (χ0) is 19.0. The Labute approximate surface area is 147 Å². The number of likely N-dealkylation sites (N-methyl/N-ethyl adjacent to an activating group) is 1. The van der Waals surface area contributed by atoms with Crippen LogP contribution in [0.15, 0.2) is 30.3 Å². The maximum absolute atomic E-state index is 12.4. The van der Waals surface area contributed by atoms with E-state index in [0.29, 0.717) is 0 Å². The molecule has 0 spiro atoms. The number of esters is 2. The van der Waals surface area contributed by atoms with Crippen molar-refractivity contribution >= 4 is 18.0 Å². The standard InChI is InChI=1S/C18H25NO6/c1-18(2,3)25-17(22)19(4)14(11-15(20)23-5)16(21)24-12-13-9-7-6-8-10-13/h6-10,14H,11-12H2,1-5H3/t14-/m0/s1. The van der Waals surface area contributed by atoms with Crippen molar-refractivity contribution in [2.75, 3.05) is 14.2 Å². The molecule has 1 atom stereocenters. The van der Waals surface area contributed by atoms with Gasteiger partial charge in [-0.2, -0.15) is 0 Å². The highest BCUT2D eigenvalue weighted by Gasteiger charge is 2.33. The van der Waals surface area contributed by atoms with Gasteiger partial charge in [-0.3, -0.25) is 9.69 Å². The van der Waals surface area contributed by atoms with Crippen LogP contribution in [0.4, 0.5) is 4.79 Å². The lowest BCUT2D eigenvalue weighted by Gasteiger charge is -2.29. The number of amides is 1. The smallest absolute Gasteiger partial charge is 0.410 e. The minimum absolute atomic E-state index is 0.0412. The first-order valence-corrected chi connectivity index (χ1v) is 7.87. The molecule has 0 N–H and O–H groups in total. The van der Waals surface area contributed by atoms with E-state index >= 15 is 0 Å². The number of hydrogen-bond acceptors (Lipinski definition) is 6. The normalized spacial score (nSPS) is 12.0. The van der Waals surface area contributed by atoms with Crippen LogP contribution in [0.3, 0.4) is 0 Å². The van der Waals surface area contributed by atoms with Crippen LogP contribution in [0.5, 0.6) is 0 Å². The Hall–Kier alpha value is -2.57. The van der Waals surface area contributed by atoms with Crippen LogP contribution in [0, 0.1) is 0 Å². The van der Waals surface area contributed by atoms with Gasteiger partial charge in [0.1, 0.15) is 18.2 Å². The topological polar surface area (TPSA) is 82.1 Å². The van der Waals surface area contributed by atoms with E-state index in [4.69, 9.17) is 9.47 Å². The van der Waals surface area contributed by atoms with E-state index < -0.39 is 29.7 Å².